The van der Waals surface area contributed by atoms with E-state index in [2.05, 4.69) is 17.0 Å². The third kappa shape index (κ3) is 5.00. The number of fused-ring (bicyclic) bond motifs is 1. The molecule has 1 aromatic carbocycles. The Bertz CT molecular complexity index is 619. The van der Waals surface area contributed by atoms with Crippen LogP contribution in [-0.4, -0.2) is 75.9 Å². The first-order valence-corrected chi connectivity index (χ1v) is 9.77. The summed E-state index contributed by atoms with van der Waals surface area (Å²) >= 11 is 0. The van der Waals surface area contributed by atoms with Crippen LogP contribution in [0.25, 0.3) is 0 Å². The van der Waals surface area contributed by atoms with E-state index in [0.29, 0.717) is 6.61 Å². The highest BCUT2D eigenvalue weighted by atomic mass is 16.5. The zero-order valence-corrected chi connectivity index (χ0v) is 16.8. The number of nitrogens with zero attached hydrogens (tertiary/aromatic N) is 2. The minimum absolute atomic E-state index is 0.00516. The second-order valence-electron chi connectivity index (χ2n) is 7.95. The molecule has 0 spiro atoms. The Morgan fingerprint density at radius 3 is 2.81 bits per heavy atom. The van der Waals surface area contributed by atoms with Crippen molar-refractivity contribution in [3.63, 3.8) is 0 Å². The summed E-state index contributed by atoms with van der Waals surface area (Å²) in [6.45, 7) is 4.43. The van der Waals surface area contributed by atoms with Crippen LogP contribution in [-0.2, 0) is 20.8 Å². The van der Waals surface area contributed by atoms with Gasteiger partial charge in [0.2, 0.25) is 5.91 Å². The summed E-state index contributed by atoms with van der Waals surface area (Å²) in [5.74, 6) is 0.888. The van der Waals surface area contributed by atoms with Gasteiger partial charge in [0.15, 0.2) is 0 Å². The van der Waals surface area contributed by atoms with Crippen LogP contribution in [0.5, 0.6) is 5.75 Å². The smallest absolute Gasteiger partial charge is 0.248 e. The lowest BCUT2D eigenvalue weighted by Crippen LogP contribution is -2.56. The lowest BCUT2D eigenvalue weighted by atomic mass is 9.73. The summed E-state index contributed by atoms with van der Waals surface area (Å²) < 4.78 is 17.2. The fourth-order valence-electron chi connectivity index (χ4n) is 4.19. The zero-order chi connectivity index (χ0) is 19.3. The standard InChI is InChI=1S/C21H32N2O4/c1-22(2)20(24)14-26-16-21-10-4-12-27-19(21)9-11-23(15-21)13-17-5-7-18(25-3)8-6-17/h5-8,19H,4,9-16H2,1-3H3. The zero-order valence-electron chi connectivity index (χ0n) is 16.8. The molecule has 0 aliphatic carbocycles. The van der Waals surface area contributed by atoms with Crippen LogP contribution in [0.15, 0.2) is 24.3 Å². The molecule has 2 saturated heterocycles. The molecule has 1 aromatic rings. The lowest BCUT2D eigenvalue weighted by molar-refractivity contribution is -0.160. The van der Waals surface area contributed by atoms with Gasteiger partial charge in [0.25, 0.3) is 0 Å². The quantitative estimate of drug-likeness (QED) is 0.730. The number of hydrogen-bond donors (Lipinski definition) is 0. The van der Waals surface area contributed by atoms with Gasteiger partial charge in [-0.2, -0.15) is 0 Å². The van der Waals surface area contributed by atoms with Gasteiger partial charge in [-0.3, -0.25) is 9.69 Å². The minimum atomic E-state index is -0.0183. The van der Waals surface area contributed by atoms with E-state index in [-0.39, 0.29) is 24.0 Å². The van der Waals surface area contributed by atoms with Crippen molar-refractivity contribution in [1.29, 1.82) is 0 Å². The van der Waals surface area contributed by atoms with E-state index >= 15 is 0 Å². The Morgan fingerprint density at radius 2 is 2.11 bits per heavy atom. The van der Waals surface area contributed by atoms with Crippen LogP contribution in [0.1, 0.15) is 24.8 Å². The minimum Gasteiger partial charge on any atom is -0.497 e. The van der Waals surface area contributed by atoms with Crippen molar-refractivity contribution in [2.24, 2.45) is 5.41 Å². The molecule has 2 aliphatic rings. The second kappa shape index (κ2) is 9.04. The maximum Gasteiger partial charge on any atom is 0.248 e. The fraction of sp³-hybridized carbons (Fsp3) is 0.667. The number of likely N-dealkylation sites (tertiary alicyclic amines) is 1. The first-order valence-electron chi connectivity index (χ1n) is 9.77. The maximum atomic E-state index is 11.8. The van der Waals surface area contributed by atoms with E-state index in [9.17, 15) is 4.79 Å². The highest BCUT2D eigenvalue weighted by Gasteiger charge is 2.46. The Morgan fingerprint density at radius 1 is 1.33 bits per heavy atom. The van der Waals surface area contributed by atoms with Gasteiger partial charge < -0.3 is 19.1 Å². The molecule has 0 aromatic heterocycles. The normalized spacial score (nSPS) is 25.7. The first-order chi connectivity index (χ1) is 13.0. The van der Waals surface area contributed by atoms with Gasteiger partial charge in [-0.1, -0.05) is 12.1 Å². The number of hydrogen-bond acceptors (Lipinski definition) is 5. The maximum absolute atomic E-state index is 11.8. The van der Waals surface area contributed by atoms with Crippen molar-refractivity contribution in [2.45, 2.75) is 31.9 Å². The molecule has 6 heteroatoms. The van der Waals surface area contributed by atoms with Crippen molar-refractivity contribution in [3.05, 3.63) is 29.8 Å². The van der Waals surface area contributed by atoms with Gasteiger partial charge in [0.05, 0.1) is 19.8 Å². The molecule has 0 N–H and O–H groups in total. The third-order valence-corrected chi connectivity index (χ3v) is 5.75. The predicted molar refractivity (Wildman–Crippen MR) is 104 cm³/mol. The van der Waals surface area contributed by atoms with Gasteiger partial charge in [0, 0.05) is 45.8 Å². The van der Waals surface area contributed by atoms with Crippen molar-refractivity contribution in [2.75, 3.05) is 54.1 Å². The van der Waals surface area contributed by atoms with Crippen molar-refractivity contribution in [3.8, 4) is 5.75 Å². The molecule has 1 amide bonds. The number of carbonyl (C=O) groups is 1. The van der Waals surface area contributed by atoms with E-state index in [0.717, 1.165) is 51.3 Å². The van der Waals surface area contributed by atoms with E-state index in [4.69, 9.17) is 14.2 Å². The van der Waals surface area contributed by atoms with Crippen LogP contribution < -0.4 is 4.74 Å². The van der Waals surface area contributed by atoms with E-state index in [1.165, 1.54) is 5.56 Å². The van der Waals surface area contributed by atoms with Gasteiger partial charge in [-0.05, 0) is 37.0 Å². The van der Waals surface area contributed by atoms with E-state index in [1.807, 2.05) is 12.1 Å². The van der Waals surface area contributed by atoms with Crippen LogP contribution in [0, 0.1) is 5.41 Å². The molecule has 2 unspecified atom stereocenters. The summed E-state index contributed by atoms with van der Waals surface area (Å²) in [6.07, 6.45) is 3.39. The SMILES string of the molecule is COc1ccc(CN2CCC3OCCCC3(COCC(=O)N(C)C)C2)cc1. The topological polar surface area (TPSA) is 51.2 Å². The number of amides is 1. The average Bonchev–Trinajstić information content (AvgIpc) is 2.68. The van der Waals surface area contributed by atoms with E-state index in [1.54, 1.807) is 26.1 Å². The van der Waals surface area contributed by atoms with Crippen molar-refractivity contribution in [1.82, 2.24) is 9.80 Å². The molecule has 0 bridgehead atoms. The molecule has 150 valence electrons. The number of benzene rings is 1. The molecule has 2 heterocycles. The monoisotopic (exact) mass is 376 g/mol. The number of rotatable bonds is 7. The number of ether oxygens (including phenoxy) is 3. The Kier molecular flexibility index (Phi) is 6.73. The number of carbonyl (C=O) groups excluding carboxylic acids is 1. The molecule has 0 radical (unpaired) electrons. The van der Waals surface area contributed by atoms with Gasteiger partial charge in [-0.25, -0.2) is 0 Å². The van der Waals surface area contributed by atoms with Crippen LogP contribution in [0.3, 0.4) is 0 Å². The molecule has 3 rings (SSSR count). The van der Waals surface area contributed by atoms with Crippen LogP contribution in [0.4, 0.5) is 0 Å². The number of likely N-dealkylation sites (N-methyl/N-ethyl adjacent to an activating group) is 1. The molecule has 27 heavy (non-hydrogen) atoms. The van der Waals surface area contributed by atoms with E-state index < -0.39 is 0 Å². The number of methoxy groups -OCH3 is 1. The van der Waals surface area contributed by atoms with Gasteiger partial charge in [-0.15, -0.1) is 0 Å². The molecule has 2 atom stereocenters. The lowest BCUT2D eigenvalue weighted by Gasteiger charge is -2.50. The molecule has 2 fully saturated rings. The third-order valence-electron chi connectivity index (χ3n) is 5.75. The van der Waals surface area contributed by atoms with Gasteiger partial charge >= 0.3 is 0 Å². The molecular weight excluding hydrogens is 344 g/mol. The Hall–Kier alpha value is -1.63. The Balaban J connectivity index is 1.62. The molecular formula is C21H32N2O4. The summed E-state index contributed by atoms with van der Waals surface area (Å²) in [7, 11) is 5.20. The van der Waals surface area contributed by atoms with Crippen molar-refractivity contribution >= 4 is 5.91 Å². The number of piperidine rings is 1. The summed E-state index contributed by atoms with van der Waals surface area (Å²) in [5.41, 5.74) is 1.26. The second-order valence-corrected chi connectivity index (χ2v) is 7.95. The molecule has 6 nitrogen and oxygen atoms in total. The largest absolute Gasteiger partial charge is 0.497 e. The molecule has 0 saturated carbocycles. The first kappa shape index (κ1) is 20.1. The summed E-state index contributed by atoms with van der Waals surface area (Å²) in [5, 5.41) is 0. The van der Waals surface area contributed by atoms with Gasteiger partial charge in [0.1, 0.15) is 12.4 Å². The predicted octanol–water partition coefficient (Wildman–Crippen LogP) is 2.17. The average molecular weight is 376 g/mol. The highest BCUT2D eigenvalue weighted by Crippen LogP contribution is 2.40. The van der Waals surface area contributed by atoms with Crippen LogP contribution >= 0.6 is 0 Å². The van der Waals surface area contributed by atoms with Crippen molar-refractivity contribution < 1.29 is 19.0 Å². The summed E-state index contributed by atoms with van der Waals surface area (Å²) in [6, 6.07) is 8.28. The molecule has 2 aliphatic heterocycles. The van der Waals surface area contributed by atoms with Crippen LogP contribution in [0.2, 0.25) is 0 Å². The highest BCUT2D eigenvalue weighted by molar-refractivity contribution is 5.76. The fourth-order valence-corrected chi connectivity index (χ4v) is 4.19. The summed E-state index contributed by atoms with van der Waals surface area (Å²) in [4.78, 5) is 15.9. The Labute approximate surface area is 162 Å².